The van der Waals surface area contributed by atoms with Gasteiger partial charge in [0.1, 0.15) is 6.61 Å². The molecule has 1 atom stereocenters. The van der Waals surface area contributed by atoms with Gasteiger partial charge in [-0.05, 0) is 19.1 Å². The van der Waals surface area contributed by atoms with Gasteiger partial charge in [-0.1, -0.05) is 12.1 Å². The SMILES string of the molecule is Cc1c(C(=O)N(C)CC2COc3ccccc3O2)cnn1C. The summed E-state index contributed by atoms with van der Waals surface area (Å²) >= 11 is 0. The van der Waals surface area contributed by atoms with Crippen LogP contribution in [-0.4, -0.2) is 46.9 Å². The third-order valence-electron chi connectivity index (χ3n) is 3.86. The fourth-order valence-corrected chi connectivity index (χ4v) is 2.46. The minimum atomic E-state index is -0.180. The van der Waals surface area contributed by atoms with Crippen LogP contribution in [0.5, 0.6) is 11.5 Å². The minimum Gasteiger partial charge on any atom is -0.486 e. The van der Waals surface area contributed by atoms with E-state index < -0.39 is 0 Å². The molecular formula is C16H19N3O3. The van der Waals surface area contributed by atoms with Crippen molar-refractivity contribution >= 4 is 5.91 Å². The van der Waals surface area contributed by atoms with Gasteiger partial charge >= 0.3 is 0 Å². The minimum absolute atomic E-state index is 0.0620. The number of para-hydroxylation sites is 2. The lowest BCUT2D eigenvalue weighted by Crippen LogP contribution is -2.41. The lowest BCUT2D eigenvalue weighted by Gasteiger charge is -2.29. The first-order valence-electron chi connectivity index (χ1n) is 7.19. The molecule has 0 bridgehead atoms. The highest BCUT2D eigenvalue weighted by Crippen LogP contribution is 2.31. The van der Waals surface area contributed by atoms with Crippen molar-refractivity contribution in [1.29, 1.82) is 0 Å². The van der Waals surface area contributed by atoms with Gasteiger partial charge in [-0.25, -0.2) is 0 Å². The van der Waals surface area contributed by atoms with Crippen LogP contribution in [0.3, 0.4) is 0 Å². The van der Waals surface area contributed by atoms with Crippen molar-refractivity contribution in [1.82, 2.24) is 14.7 Å². The molecule has 6 heteroatoms. The Morgan fingerprint density at radius 2 is 2.14 bits per heavy atom. The molecule has 1 unspecified atom stereocenters. The average molecular weight is 301 g/mol. The number of carbonyl (C=O) groups is 1. The number of fused-ring (bicyclic) bond motifs is 1. The van der Waals surface area contributed by atoms with Gasteiger partial charge in [0.05, 0.1) is 18.3 Å². The smallest absolute Gasteiger partial charge is 0.257 e. The van der Waals surface area contributed by atoms with Crippen molar-refractivity contribution in [2.45, 2.75) is 13.0 Å². The Balaban J connectivity index is 1.66. The van der Waals surface area contributed by atoms with E-state index in [1.165, 1.54) is 0 Å². The van der Waals surface area contributed by atoms with Crippen molar-refractivity contribution < 1.29 is 14.3 Å². The molecule has 22 heavy (non-hydrogen) atoms. The quantitative estimate of drug-likeness (QED) is 0.865. The van der Waals surface area contributed by atoms with Crippen LogP contribution in [0, 0.1) is 6.92 Å². The lowest BCUT2D eigenvalue weighted by atomic mass is 10.2. The summed E-state index contributed by atoms with van der Waals surface area (Å²) in [5, 5.41) is 4.11. The van der Waals surface area contributed by atoms with Crippen LogP contribution >= 0.6 is 0 Å². The molecule has 6 nitrogen and oxygen atoms in total. The summed E-state index contributed by atoms with van der Waals surface area (Å²) in [6.45, 7) is 2.77. The number of aryl methyl sites for hydroxylation is 1. The van der Waals surface area contributed by atoms with E-state index in [1.54, 1.807) is 22.8 Å². The molecule has 0 N–H and O–H groups in total. The first kappa shape index (κ1) is 14.4. The topological polar surface area (TPSA) is 56.6 Å². The average Bonchev–Trinajstić information content (AvgIpc) is 2.86. The van der Waals surface area contributed by atoms with Gasteiger partial charge in [-0.3, -0.25) is 9.48 Å². The summed E-state index contributed by atoms with van der Waals surface area (Å²) in [6, 6.07) is 7.55. The number of aromatic nitrogens is 2. The summed E-state index contributed by atoms with van der Waals surface area (Å²) in [5.41, 5.74) is 1.46. The number of carbonyl (C=O) groups excluding carboxylic acids is 1. The van der Waals surface area contributed by atoms with E-state index in [9.17, 15) is 4.79 Å². The van der Waals surface area contributed by atoms with Gasteiger partial charge in [-0.15, -0.1) is 0 Å². The maximum Gasteiger partial charge on any atom is 0.257 e. The van der Waals surface area contributed by atoms with E-state index in [0.29, 0.717) is 18.7 Å². The third kappa shape index (κ3) is 2.64. The second-order valence-electron chi connectivity index (χ2n) is 5.45. The van der Waals surface area contributed by atoms with E-state index in [4.69, 9.17) is 9.47 Å². The number of benzene rings is 1. The van der Waals surface area contributed by atoms with E-state index in [0.717, 1.165) is 17.2 Å². The summed E-state index contributed by atoms with van der Waals surface area (Å²) in [7, 11) is 3.58. The van der Waals surface area contributed by atoms with Crippen molar-refractivity contribution in [2.24, 2.45) is 7.05 Å². The van der Waals surface area contributed by atoms with Crippen LogP contribution in [-0.2, 0) is 7.05 Å². The zero-order valence-corrected chi connectivity index (χ0v) is 12.9. The van der Waals surface area contributed by atoms with Crippen molar-refractivity contribution in [3.63, 3.8) is 0 Å². The molecule has 116 valence electrons. The zero-order valence-electron chi connectivity index (χ0n) is 12.9. The molecule has 1 aliphatic heterocycles. The van der Waals surface area contributed by atoms with Gasteiger partial charge < -0.3 is 14.4 Å². The lowest BCUT2D eigenvalue weighted by molar-refractivity contribution is 0.0520. The van der Waals surface area contributed by atoms with Crippen LogP contribution in [0.4, 0.5) is 0 Å². The molecular weight excluding hydrogens is 282 g/mol. The molecule has 1 aliphatic rings. The summed E-state index contributed by atoms with van der Waals surface area (Å²) < 4.78 is 13.2. The Bertz CT molecular complexity index is 696. The summed E-state index contributed by atoms with van der Waals surface area (Å²) in [6.07, 6.45) is 1.42. The largest absolute Gasteiger partial charge is 0.486 e. The first-order chi connectivity index (χ1) is 10.6. The number of hydrogen-bond donors (Lipinski definition) is 0. The van der Waals surface area contributed by atoms with Gasteiger partial charge in [0.15, 0.2) is 17.6 Å². The maximum absolute atomic E-state index is 12.5. The highest BCUT2D eigenvalue weighted by atomic mass is 16.6. The Morgan fingerprint density at radius 3 is 2.82 bits per heavy atom. The van der Waals surface area contributed by atoms with Crippen LogP contribution in [0.2, 0.25) is 0 Å². The van der Waals surface area contributed by atoms with Gasteiger partial charge in [-0.2, -0.15) is 5.10 Å². The van der Waals surface area contributed by atoms with Crippen LogP contribution < -0.4 is 9.47 Å². The predicted molar refractivity (Wildman–Crippen MR) is 81.3 cm³/mol. The van der Waals surface area contributed by atoms with Crippen molar-refractivity contribution in [2.75, 3.05) is 20.2 Å². The fourth-order valence-electron chi connectivity index (χ4n) is 2.46. The van der Waals surface area contributed by atoms with Crippen molar-refractivity contribution in [3.8, 4) is 11.5 Å². The zero-order chi connectivity index (χ0) is 15.7. The maximum atomic E-state index is 12.5. The summed E-state index contributed by atoms with van der Waals surface area (Å²) in [4.78, 5) is 14.1. The molecule has 2 aromatic rings. The molecule has 0 aliphatic carbocycles. The fraction of sp³-hybridized carbons (Fsp3) is 0.375. The standard InChI is InChI=1S/C16H19N3O3/c1-11-13(8-17-19(11)3)16(20)18(2)9-12-10-21-14-6-4-5-7-15(14)22-12/h4-8,12H,9-10H2,1-3H3. The molecule has 0 saturated heterocycles. The Morgan fingerprint density at radius 1 is 1.41 bits per heavy atom. The van der Waals surface area contributed by atoms with E-state index in [2.05, 4.69) is 5.10 Å². The number of ether oxygens (including phenoxy) is 2. The molecule has 1 aromatic heterocycles. The molecule has 1 amide bonds. The molecule has 0 saturated carbocycles. The molecule has 0 fully saturated rings. The Labute approximate surface area is 129 Å². The van der Waals surface area contributed by atoms with E-state index >= 15 is 0 Å². The number of hydrogen-bond acceptors (Lipinski definition) is 4. The molecule has 2 heterocycles. The monoisotopic (exact) mass is 301 g/mol. The number of likely N-dealkylation sites (N-methyl/N-ethyl adjacent to an activating group) is 1. The number of rotatable bonds is 3. The van der Waals surface area contributed by atoms with Crippen LogP contribution in [0.1, 0.15) is 16.1 Å². The van der Waals surface area contributed by atoms with E-state index in [-0.39, 0.29) is 12.0 Å². The molecule has 0 radical (unpaired) electrons. The highest BCUT2D eigenvalue weighted by molar-refractivity contribution is 5.94. The highest BCUT2D eigenvalue weighted by Gasteiger charge is 2.25. The number of amides is 1. The molecule has 0 spiro atoms. The third-order valence-corrected chi connectivity index (χ3v) is 3.86. The van der Waals surface area contributed by atoms with Gasteiger partial charge in [0.2, 0.25) is 0 Å². The van der Waals surface area contributed by atoms with Gasteiger partial charge in [0.25, 0.3) is 5.91 Å². The second kappa shape index (κ2) is 5.71. The molecule has 3 rings (SSSR count). The Hall–Kier alpha value is -2.50. The second-order valence-corrected chi connectivity index (χ2v) is 5.45. The van der Waals surface area contributed by atoms with E-state index in [1.807, 2.05) is 38.2 Å². The normalized spacial score (nSPS) is 16.4. The number of nitrogens with zero attached hydrogens (tertiary/aromatic N) is 3. The Kier molecular flexibility index (Phi) is 3.75. The molecule has 1 aromatic carbocycles. The van der Waals surface area contributed by atoms with Crippen LogP contribution in [0.25, 0.3) is 0 Å². The predicted octanol–water partition coefficient (Wildman–Crippen LogP) is 1.64. The summed E-state index contributed by atoms with van der Waals surface area (Å²) in [5.74, 6) is 1.40. The first-order valence-corrected chi connectivity index (χ1v) is 7.19. The van der Waals surface area contributed by atoms with Crippen molar-refractivity contribution in [3.05, 3.63) is 41.7 Å². The van der Waals surface area contributed by atoms with Crippen LogP contribution in [0.15, 0.2) is 30.5 Å². The van der Waals surface area contributed by atoms with Gasteiger partial charge in [0, 0.05) is 19.8 Å².